The summed E-state index contributed by atoms with van der Waals surface area (Å²) >= 11 is 3.50. The Morgan fingerprint density at radius 2 is 1.64 bits per heavy atom. The fourth-order valence-electron chi connectivity index (χ4n) is 2.72. The van der Waals surface area contributed by atoms with Crippen LogP contribution in [-0.2, 0) is 11.3 Å². The van der Waals surface area contributed by atoms with Crippen LogP contribution in [0.3, 0.4) is 0 Å². The molecule has 0 N–H and O–H groups in total. The van der Waals surface area contributed by atoms with E-state index in [2.05, 4.69) is 15.9 Å². The molecule has 0 atom stereocenters. The molecule has 0 aliphatic heterocycles. The Bertz CT molecular complexity index is 959. The molecule has 0 aliphatic rings. The van der Waals surface area contributed by atoms with Gasteiger partial charge in [-0.25, -0.2) is 4.79 Å². The number of carbonyl (C=O) groups is 1. The van der Waals surface area contributed by atoms with Crippen LogP contribution in [0.4, 0.5) is 0 Å². The molecule has 0 radical (unpaired) electrons. The van der Waals surface area contributed by atoms with E-state index in [9.17, 15) is 4.79 Å². The quantitative estimate of drug-likeness (QED) is 0.418. The lowest BCUT2D eigenvalue weighted by atomic mass is 10.0. The van der Waals surface area contributed by atoms with Crippen LogP contribution in [-0.4, -0.2) is 11.6 Å². The van der Waals surface area contributed by atoms with Crippen LogP contribution < -0.4 is 4.74 Å². The minimum atomic E-state index is -0.537. The van der Waals surface area contributed by atoms with Gasteiger partial charge in [-0.05, 0) is 67.8 Å². The van der Waals surface area contributed by atoms with Crippen LogP contribution in [0, 0.1) is 0 Å². The smallest absolute Gasteiger partial charge is 0.338 e. The van der Waals surface area contributed by atoms with Crippen LogP contribution >= 0.6 is 15.9 Å². The maximum Gasteiger partial charge on any atom is 0.338 e. The predicted molar refractivity (Wildman–Crippen MR) is 116 cm³/mol. The van der Waals surface area contributed by atoms with Crippen molar-refractivity contribution in [3.63, 3.8) is 0 Å². The van der Waals surface area contributed by atoms with E-state index in [4.69, 9.17) is 9.47 Å². The fraction of sp³-hybridized carbons (Fsp3) is 0.208. The molecule has 0 spiro atoms. The number of hydrogen-bond acceptors (Lipinski definition) is 3. The summed E-state index contributed by atoms with van der Waals surface area (Å²) in [4.78, 5) is 12.5. The Labute approximate surface area is 174 Å². The third-order valence-corrected chi connectivity index (χ3v) is 4.41. The molecule has 0 heterocycles. The molecule has 0 saturated heterocycles. The summed E-state index contributed by atoms with van der Waals surface area (Å²) < 4.78 is 12.2. The minimum absolute atomic E-state index is 0.341. The Hall–Kier alpha value is -2.59. The summed E-state index contributed by atoms with van der Waals surface area (Å²) in [6.07, 6.45) is 0. The first kappa shape index (κ1) is 20.2. The van der Waals surface area contributed by atoms with Crippen molar-refractivity contribution in [1.29, 1.82) is 0 Å². The summed E-state index contributed by atoms with van der Waals surface area (Å²) in [5.41, 5.74) is 2.97. The lowest BCUT2D eigenvalue weighted by Crippen LogP contribution is -2.23. The molecule has 0 unspecified atom stereocenters. The van der Waals surface area contributed by atoms with Crippen LogP contribution in [0.1, 0.15) is 36.7 Å². The summed E-state index contributed by atoms with van der Waals surface area (Å²) in [7, 11) is 0. The predicted octanol–water partition coefficient (Wildman–Crippen LogP) is 6.65. The van der Waals surface area contributed by atoms with Gasteiger partial charge in [0.15, 0.2) is 0 Å². The molecule has 3 aromatic carbocycles. The second kappa shape index (κ2) is 8.61. The van der Waals surface area contributed by atoms with Gasteiger partial charge in [-0.2, -0.15) is 0 Å². The first-order chi connectivity index (χ1) is 13.3. The van der Waals surface area contributed by atoms with Gasteiger partial charge in [0.25, 0.3) is 0 Å². The molecule has 3 nitrogen and oxygen atoms in total. The minimum Gasteiger partial charge on any atom is -0.489 e. The SMILES string of the molecule is CC(C)(C)OC(=O)c1cc(Br)cc(-c2cccc(OCc3ccccc3)c2)c1. The van der Waals surface area contributed by atoms with Crippen molar-refractivity contribution in [3.8, 4) is 16.9 Å². The van der Waals surface area contributed by atoms with Gasteiger partial charge in [-0.3, -0.25) is 0 Å². The maximum absolute atomic E-state index is 12.5. The molecule has 28 heavy (non-hydrogen) atoms. The van der Waals surface area contributed by atoms with Gasteiger partial charge in [0, 0.05) is 4.47 Å². The van der Waals surface area contributed by atoms with Crippen molar-refractivity contribution in [1.82, 2.24) is 0 Å². The van der Waals surface area contributed by atoms with Crippen molar-refractivity contribution < 1.29 is 14.3 Å². The first-order valence-corrected chi connectivity index (χ1v) is 9.90. The third kappa shape index (κ3) is 5.70. The van der Waals surface area contributed by atoms with Gasteiger partial charge >= 0.3 is 5.97 Å². The number of esters is 1. The van der Waals surface area contributed by atoms with Crippen molar-refractivity contribution in [2.24, 2.45) is 0 Å². The van der Waals surface area contributed by atoms with E-state index < -0.39 is 5.60 Å². The maximum atomic E-state index is 12.5. The summed E-state index contributed by atoms with van der Waals surface area (Å²) in [6.45, 7) is 6.08. The zero-order valence-electron chi connectivity index (χ0n) is 16.2. The Balaban J connectivity index is 1.82. The third-order valence-electron chi connectivity index (χ3n) is 3.95. The largest absolute Gasteiger partial charge is 0.489 e. The van der Waals surface area contributed by atoms with E-state index in [-0.39, 0.29) is 5.97 Å². The van der Waals surface area contributed by atoms with Gasteiger partial charge in [0.05, 0.1) is 5.56 Å². The summed E-state index contributed by atoms with van der Waals surface area (Å²) in [5.74, 6) is 0.437. The highest BCUT2D eigenvalue weighted by Crippen LogP contribution is 2.29. The van der Waals surface area contributed by atoms with Crippen molar-refractivity contribution >= 4 is 21.9 Å². The average Bonchev–Trinajstić information content (AvgIpc) is 2.66. The normalized spacial score (nSPS) is 11.1. The molecule has 0 aliphatic carbocycles. The molecule has 0 saturated carbocycles. The van der Waals surface area contributed by atoms with Crippen molar-refractivity contribution in [3.05, 3.63) is 88.4 Å². The highest BCUT2D eigenvalue weighted by molar-refractivity contribution is 9.10. The van der Waals surface area contributed by atoms with Crippen molar-refractivity contribution in [2.75, 3.05) is 0 Å². The molecule has 0 amide bonds. The highest BCUT2D eigenvalue weighted by atomic mass is 79.9. The van der Waals surface area contributed by atoms with Gasteiger partial charge in [-0.1, -0.05) is 58.4 Å². The van der Waals surface area contributed by atoms with Gasteiger partial charge in [0.2, 0.25) is 0 Å². The van der Waals surface area contributed by atoms with Gasteiger partial charge in [0.1, 0.15) is 18.0 Å². The Morgan fingerprint density at radius 1 is 0.893 bits per heavy atom. The Morgan fingerprint density at radius 3 is 2.36 bits per heavy atom. The van der Waals surface area contributed by atoms with Gasteiger partial charge in [-0.15, -0.1) is 0 Å². The van der Waals surface area contributed by atoms with Crippen LogP contribution in [0.25, 0.3) is 11.1 Å². The average molecular weight is 439 g/mol. The van der Waals surface area contributed by atoms with E-state index in [0.717, 1.165) is 26.9 Å². The number of benzene rings is 3. The molecule has 3 aromatic rings. The molecule has 0 fully saturated rings. The monoisotopic (exact) mass is 438 g/mol. The molecule has 0 bridgehead atoms. The standard InChI is InChI=1S/C24H23BrO3/c1-24(2,3)28-23(26)20-12-19(13-21(25)14-20)18-10-7-11-22(15-18)27-16-17-8-5-4-6-9-17/h4-15H,16H2,1-3H3. The second-order valence-electron chi connectivity index (χ2n) is 7.53. The zero-order chi connectivity index (χ0) is 20.1. The molecule has 144 valence electrons. The molecule has 4 heteroatoms. The van der Waals surface area contributed by atoms with Crippen LogP contribution in [0.15, 0.2) is 77.3 Å². The number of halogens is 1. The number of rotatable bonds is 5. The molecule has 0 aromatic heterocycles. The lowest BCUT2D eigenvalue weighted by molar-refractivity contribution is 0.00695. The number of ether oxygens (including phenoxy) is 2. The van der Waals surface area contributed by atoms with E-state index in [1.54, 1.807) is 6.07 Å². The molecular weight excluding hydrogens is 416 g/mol. The lowest BCUT2D eigenvalue weighted by Gasteiger charge is -2.20. The molecule has 3 rings (SSSR count). The summed E-state index contributed by atoms with van der Waals surface area (Å²) in [5, 5.41) is 0. The zero-order valence-corrected chi connectivity index (χ0v) is 17.8. The van der Waals surface area contributed by atoms with Crippen molar-refractivity contribution in [2.45, 2.75) is 33.0 Å². The Kier molecular flexibility index (Phi) is 6.20. The topological polar surface area (TPSA) is 35.5 Å². The van der Waals surface area contributed by atoms with Gasteiger partial charge < -0.3 is 9.47 Å². The number of hydrogen-bond donors (Lipinski definition) is 0. The van der Waals surface area contributed by atoms with Crippen LogP contribution in [0.5, 0.6) is 5.75 Å². The first-order valence-electron chi connectivity index (χ1n) is 9.11. The molecular formula is C24H23BrO3. The second-order valence-corrected chi connectivity index (χ2v) is 8.45. The van der Waals surface area contributed by atoms with E-state index >= 15 is 0 Å². The summed E-state index contributed by atoms with van der Waals surface area (Å²) in [6, 6.07) is 23.5. The van der Waals surface area contributed by atoms with E-state index in [0.29, 0.717) is 12.2 Å². The fourth-order valence-corrected chi connectivity index (χ4v) is 3.21. The highest BCUT2D eigenvalue weighted by Gasteiger charge is 2.19. The van der Waals surface area contributed by atoms with Crippen LogP contribution in [0.2, 0.25) is 0 Å². The van der Waals surface area contributed by atoms with E-state index in [1.807, 2.05) is 87.5 Å². The van der Waals surface area contributed by atoms with E-state index in [1.165, 1.54) is 0 Å². The number of carbonyl (C=O) groups excluding carboxylic acids is 1.